The van der Waals surface area contributed by atoms with Crippen molar-refractivity contribution in [1.29, 1.82) is 0 Å². The summed E-state index contributed by atoms with van der Waals surface area (Å²) in [4.78, 5) is 25.6. The molecule has 2 amide bonds. The highest BCUT2D eigenvalue weighted by Crippen LogP contribution is 2.34. The number of nitrogens with zero attached hydrogens (tertiary/aromatic N) is 1. The summed E-state index contributed by atoms with van der Waals surface area (Å²) < 4.78 is 0. The quantitative estimate of drug-likeness (QED) is 0.740. The number of aliphatic carboxylic acids is 1. The van der Waals surface area contributed by atoms with Crippen LogP contribution in [0.15, 0.2) is 0 Å². The summed E-state index contributed by atoms with van der Waals surface area (Å²) in [5.74, 6) is -0.769. The smallest absolute Gasteiger partial charge is 0.317 e. The van der Waals surface area contributed by atoms with Gasteiger partial charge in [0.05, 0.1) is 5.41 Å². The Hall–Kier alpha value is -1.26. The zero-order chi connectivity index (χ0) is 15.9. The van der Waals surface area contributed by atoms with Crippen LogP contribution in [0.5, 0.6) is 0 Å². The fraction of sp³-hybridized carbons (Fsp3) is 0.875. The molecule has 5 nitrogen and oxygen atoms in total. The van der Waals surface area contributed by atoms with Gasteiger partial charge in [0.25, 0.3) is 0 Å². The van der Waals surface area contributed by atoms with Gasteiger partial charge in [0.1, 0.15) is 0 Å². The van der Waals surface area contributed by atoms with Gasteiger partial charge in [0.2, 0.25) is 0 Å². The molecule has 0 aliphatic heterocycles. The molecule has 0 radical (unpaired) electrons. The lowest BCUT2D eigenvalue weighted by Crippen LogP contribution is -2.49. The number of carbonyl (C=O) groups is 2. The summed E-state index contributed by atoms with van der Waals surface area (Å²) >= 11 is 0. The maximum Gasteiger partial charge on any atom is 0.317 e. The highest BCUT2D eigenvalue weighted by molar-refractivity contribution is 5.78. The molecule has 0 heterocycles. The molecular weight excluding hydrogens is 268 g/mol. The topological polar surface area (TPSA) is 69.6 Å². The van der Waals surface area contributed by atoms with Gasteiger partial charge in [-0.1, -0.05) is 39.5 Å². The van der Waals surface area contributed by atoms with E-state index < -0.39 is 11.4 Å². The van der Waals surface area contributed by atoms with Gasteiger partial charge in [-0.25, -0.2) is 4.79 Å². The van der Waals surface area contributed by atoms with Gasteiger partial charge in [-0.15, -0.1) is 0 Å². The number of rotatable bonds is 6. The van der Waals surface area contributed by atoms with Crippen molar-refractivity contribution in [3.8, 4) is 0 Å². The van der Waals surface area contributed by atoms with Crippen LogP contribution in [0.3, 0.4) is 0 Å². The molecule has 1 aliphatic carbocycles. The summed E-state index contributed by atoms with van der Waals surface area (Å²) in [6.07, 6.45) is 7.20. The van der Waals surface area contributed by atoms with Crippen molar-refractivity contribution in [3.05, 3.63) is 0 Å². The van der Waals surface area contributed by atoms with Crippen LogP contribution in [-0.2, 0) is 4.79 Å². The molecule has 0 aromatic carbocycles. The number of carboxylic acids is 1. The highest BCUT2D eigenvalue weighted by atomic mass is 16.4. The highest BCUT2D eigenvalue weighted by Gasteiger charge is 2.39. The molecule has 1 fully saturated rings. The Morgan fingerprint density at radius 2 is 1.67 bits per heavy atom. The number of hydrogen-bond donors (Lipinski definition) is 2. The van der Waals surface area contributed by atoms with Crippen LogP contribution >= 0.6 is 0 Å². The Labute approximate surface area is 128 Å². The first-order valence-corrected chi connectivity index (χ1v) is 8.21. The van der Waals surface area contributed by atoms with Crippen molar-refractivity contribution in [2.75, 3.05) is 13.6 Å². The Kier molecular flexibility index (Phi) is 6.99. The molecule has 21 heavy (non-hydrogen) atoms. The molecule has 0 spiro atoms. The van der Waals surface area contributed by atoms with Crippen LogP contribution in [0.25, 0.3) is 0 Å². The molecule has 0 saturated heterocycles. The number of hydrogen-bond acceptors (Lipinski definition) is 2. The largest absolute Gasteiger partial charge is 0.481 e. The minimum absolute atomic E-state index is 0.159. The van der Waals surface area contributed by atoms with Gasteiger partial charge >= 0.3 is 12.0 Å². The average molecular weight is 298 g/mol. The van der Waals surface area contributed by atoms with Gasteiger partial charge in [0.15, 0.2) is 0 Å². The Balaban J connectivity index is 2.64. The Bertz CT molecular complexity index is 345. The minimum Gasteiger partial charge on any atom is -0.481 e. The maximum atomic E-state index is 12.2. The monoisotopic (exact) mass is 298 g/mol. The molecule has 0 aromatic rings. The normalized spacial score (nSPS) is 18.1. The van der Waals surface area contributed by atoms with E-state index in [0.29, 0.717) is 12.8 Å². The SMILES string of the molecule is CCC(CC)N(C)C(=O)NCC1(C(=O)O)CCCCCC1. The maximum absolute atomic E-state index is 12.2. The lowest BCUT2D eigenvalue weighted by Gasteiger charge is -2.31. The first-order chi connectivity index (χ1) is 9.96. The molecule has 1 rings (SSSR count). The molecule has 0 bridgehead atoms. The molecule has 122 valence electrons. The summed E-state index contributed by atoms with van der Waals surface area (Å²) in [5.41, 5.74) is -0.777. The number of carboxylic acid groups (broad SMARTS) is 1. The fourth-order valence-electron chi connectivity index (χ4n) is 3.24. The van der Waals surface area contributed by atoms with E-state index in [1.54, 1.807) is 11.9 Å². The van der Waals surface area contributed by atoms with E-state index in [1.165, 1.54) is 0 Å². The van der Waals surface area contributed by atoms with Crippen LogP contribution in [0.4, 0.5) is 4.79 Å². The van der Waals surface area contributed by atoms with E-state index in [-0.39, 0.29) is 18.6 Å². The van der Waals surface area contributed by atoms with Gasteiger partial charge in [-0.05, 0) is 25.7 Å². The van der Waals surface area contributed by atoms with E-state index in [1.807, 2.05) is 0 Å². The number of nitrogens with one attached hydrogen (secondary N) is 1. The second-order valence-electron chi connectivity index (χ2n) is 6.24. The van der Waals surface area contributed by atoms with Gasteiger partial charge in [0, 0.05) is 19.6 Å². The molecule has 5 heteroatoms. The van der Waals surface area contributed by atoms with Crippen molar-refractivity contribution in [3.63, 3.8) is 0 Å². The summed E-state index contributed by atoms with van der Waals surface area (Å²) in [5, 5.41) is 12.5. The molecule has 0 atom stereocenters. The first kappa shape index (κ1) is 17.8. The van der Waals surface area contributed by atoms with E-state index in [9.17, 15) is 14.7 Å². The van der Waals surface area contributed by atoms with Gasteiger partial charge in [-0.3, -0.25) is 4.79 Å². The van der Waals surface area contributed by atoms with E-state index in [2.05, 4.69) is 19.2 Å². The van der Waals surface area contributed by atoms with E-state index in [4.69, 9.17) is 0 Å². The third kappa shape index (κ3) is 4.61. The second kappa shape index (κ2) is 8.25. The Morgan fingerprint density at radius 1 is 1.14 bits per heavy atom. The van der Waals surface area contributed by atoms with Crippen molar-refractivity contribution in [1.82, 2.24) is 10.2 Å². The molecule has 1 aliphatic rings. The first-order valence-electron chi connectivity index (χ1n) is 8.21. The van der Waals surface area contributed by atoms with E-state index in [0.717, 1.165) is 38.5 Å². The van der Waals surface area contributed by atoms with Crippen molar-refractivity contribution < 1.29 is 14.7 Å². The third-order valence-electron chi connectivity index (χ3n) is 4.90. The zero-order valence-corrected chi connectivity index (χ0v) is 13.7. The van der Waals surface area contributed by atoms with Crippen LogP contribution in [0, 0.1) is 5.41 Å². The van der Waals surface area contributed by atoms with Crippen molar-refractivity contribution >= 4 is 12.0 Å². The predicted molar refractivity (Wildman–Crippen MR) is 83.3 cm³/mol. The Morgan fingerprint density at radius 3 is 2.10 bits per heavy atom. The van der Waals surface area contributed by atoms with Crippen LogP contribution in [0.1, 0.15) is 65.2 Å². The predicted octanol–water partition coefficient (Wildman–Crippen LogP) is 3.24. The second-order valence-corrected chi connectivity index (χ2v) is 6.24. The lowest BCUT2D eigenvalue weighted by atomic mass is 9.80. The molecule has 1 saturated carbocycles. The van der Waals surface area contributed by atoms with E-state index >= 15 is 0 Å². The average Bonchev–Trinajstić information content (AvgIpc) is 2.72. The van der Waals surface area contributed by atoms with Gasteiger partial charge < -0.3 is 15.3 Å². The third-order valence-corrected chi connectivity index (χ3v) is 4.90. The lowest BCUT2D eigenvalue weighted by molar-refractivity contribution is -0.149. The number of carbonyl (C=O) groups excluding carboxylic acids is 1. The molecule has 0 unspecified atom stereocenters. The summed E-state index contributed by atoms with van der Waals surface area (Å²) in [7, 11) is 1.79. The number of urea groups is 1. The zero-order valence-electron chi connectivity index (χ0n) is 13.7. The van der Waals surface area contributed by atoms with Gasteiger partial charge in [-0.2, -0.15) is 0 Å². The molecular formula is C16H30N2O3. The molecule has 2 N–H and O–H groups in total. The number of amides is 2. The summed E-state index contributed by atoms with van der Waals surface area (Å²) in [6, 6.07) is 0.0495. The van der Waals surface area contributed by atoms with Crippen LogP contribution in [-0.4, -0.2) is 41.6 Å². The fourth-order valence-corrected chi connectivity index (χ4v) is 3.24. The van der Waals surface area contributed by atoms with Crippen LogP contribution in [0.2, 0.25) is 0 Å². The standard InChI is InChI=1S/C16H30N2O3/c1-4-13(5-2)18(3)15(21)17-12-16(14(19)20)10-8-6-7-9-11-16/h13H,4-12H2,1-3H3,(H,17,21)(H,19,20). The van der Waals surface area contributed by atoms with Crippen molar-refractivity contribution in [2.45, 2.75) is 71.3 Å². The van der Waals surface area contributed by atoms with Crippen molar-refractivity contribution in [2.24, 2.45) is 5.41 Å². The van der Waals surface area contributed by atoms with Crippen LogP contribution < -0.4 is 5.32 Å². The molecule has 0 aromatic heterocycles. The minimum atomic E-state index is -0.777. The summed E-state index contributed by atoms with van der Waals surface area (Å²) in [6.45, 7) is 4.36.